The third-order valence-corrected chi connectivity index (χ3v) is 4.16. The predicted octanol–water partition coefficient (Wildman–Crippen LogP) is 4.03. The molecule has 0 aliphatic carbocycles. The molecule has 0 saturated carbocycles. The van der Waals surface area contributed by atoms with Crippen LogP contribution < -0.4 is 10.6 Å². The van der Waals surface area contributed by atoms with Gasteiger partial charge in [-0.1, -0.05) is 17.7 Å². The van der Waals surface area contributed by atoms with Gasteiger partial charge in [0.25, 0.3) is 0 Å². The SMILES string of the molecule is COC(=O)c1cc(NC(=S)Nc2cccc(Cl)c2C)cc(C(=O)OC)c1. The van der Waals surface area contributed by atoms with Crippen molar-refractivity contribution < 1.29 is 19.1 Å². The van der Waals surface area contributed by atoms with Gasteiger partial charge in [0.15, 0.2) is 5.11 Å². The molecule has 2 N–H and O–H groups in total. The number of rotatable bonds is 4. The lowest BCUT2D eigenvalue weighted by Gasteiger charge is -2.14. The molecule has 0 atom stereocenters. The first-order valence-corrected chi connectivity index (χ1v) is 8.29. The number of hydrogen-bond acceptors (Lipinski definition) is 5. The smallest absolute Gasteiger partial charge is 0.337 e. The van der Waals surface area contributed by atoms with E-state index in [2.05, 4.69) is 10.6 Å². The van der Waals surface area contributed by atoms with Gasteiger partial charge in [-0.2, -0.15) is 0 Å². The Bertz CT molecular complexity index is 836. The molecule has 6 nitrogen and oxygen atoms in total. The summed E-state index contributed by atoms with van der Waals surface area (Å²) in [6, 6.07) is 9.85. The molecule has 0 radical (unpaired) electrons. The first-order valence-electron chi connectivity index (χ1n) is 7.50. The van der Waals surface area contributed by atoms with E-state index in [1.54, 1.807) is 12.1 Å². The molecule has 0 fully saturated rings. The normalized spacial score (nSPS) is 10.0. The molecule has 0 heterocycles. The number of carbonyl (C=O) groups excluding carboxylic acids is 2. The fourth-order valence-electron chi connectivity index (χ4n) is 2.20. The van der Waals surface area contributed by atoms with Crippen molar-refractivity contribution in [2.45, 2.75) is 6.92 Å². The van der Waals surface area contributed by atoms with Gasteiger partial charge in [-0.3, -0.25) is 0 Å². The van der Waals surface area contributed by atoms with Crippen LogP contribution in [0.2, 0.25) is 5.02 Å². The van der Waals surface area contributed by atoms with Crippen molar-refractivity contribution in [2.75, 3.05) is 24.9 Å². The molecule has 0 aliphatic heterocycles. The van der Waals surface area contributed by atoms with E-state index >= 15 is 0 Å². The van der Waals surface area contributed by atoms with Crippen molar-refractivity contribution in [3.63, 3.8) is 0 Å². The van der Waals surface area contributed by atoms with Gasteiger partial charge >= 0.3 is 11.9 Å². The number of carbonyl (C=O) groups is 2. The summed E-state index contributed by atoms with van der Waals surface area (Å²) in [5.74, 6) is -1.16. The highest BCUT2D eigenvalue weighted by Gasteiger charge is 2.14. The Morgan fingerprint density at radius 3 is 2.12 bits per heavy atom. The molecule has 0 bridgehead atoms. The maximum absolute atomic E-state index is 11.8. The minimum atomic E-state index is -0.580. The predicted molar refractivity (Wildman–Crippen MR) is 105 cm³/mol. The first-order chi connectivity index (χ1) is 12.3. The molecule has 8 heteroatoms. The van der Waals surface area contributed by atoms with Crippen LogP contribution in [0.4, 0.5) is 11.4 Å². The van der Waals surface area contributed by atoms with E-state index in [-0.39, 0.29) is 16.2 Å². The van der Waals surface area contributed by atoms with Crippen LogP contribution in [-0.4, -0.2) is 31.3 Å². The molecular formula is C18H17ClN2O4S. The van der Waals surface area contributed by atoms with Crippen LogP contribution >= 0.6 is 23.8 Å². The van der Waals surface area contributed by atoms with E-state index in [1.807, 2.05) is 13.0 Å². The number of methoxy groups -OCH3 is 2. The highest BCUT2D eigenvalue weighted by molar-refractivity contribution is 7.80. The van der Waals surface area contributed by atoms with Crippen molar-refractivity contribution >= 4 is 52.2 Å². The summed E-state index contributed by atoms with van der Waals surface area (Å²) < 4.78 is 9.41. The van der Waals surface area contributed by atoms with Crippen molar-refractivity contribution in [3.05, 3.63) is 58.1 Å². The zero-order valence-corrected chi connectivity index (χ0v) is 16.0. The van der Waals surface area contributed by atoms with Gasteiger partial charge in [0, 0.05) is 16.4 Å². The number of hydrogen-bond donors (Lipinski definition) is 2. The molecule has 2 rings (SSSR count). The summed E-state index contributed by atoms with van der Waals surface area (Å²) in [5, 5.41) is 6.85. The molecule has 136 valence electrons. The maximum atomic E-state index is 11.8. The lowest BCUT2D eigenvalue weighted by atomic mass is 10.1. The molecule has 26 heavy (non-hydrogen) atoms. The Kier molecular flexibility index (Phi) is 6.54. The molecule has 0 spiro atoms. The third kappa shape index (κ3) is 4.71. The summed E-state index contributed by atoms with van der Waals surface area (Å²) >= 11 is 11.4. The summed E-state index contributed by atoms with van der Waals surface area (Å²) in [6.07, 6.45) is 0. The van der Waals surface area contributed by atoms with E-state index in [0.29, 0.717) is 10.7 Å². The number of anilines is 2. The molecule has 0 saturated heterocycles. The van der Waals surface area contributed by atoms with Crippen molar-refractivity contribution in [1.29, 1.82) is 0 Å². The summed E-state index contributed by atoms with van der Waals surface area (Å²) in [5.41, 5.74) is 2.41. The molecular weight excluding hydrogens is 376 g/mol. The van der Waals surface area contributed by atoms with Crippen LogP contribution in [0.15, 0.2) is 36.4 Å². The second kappa shape index (κ2) is 8.64. The molecule has 2 aromatic carbocycles. The Morgan fingerprint density at radius 2 is 1.58 bits per heavy atom. The van der Waals surface area contributed by atoms with Gasteiger partial charge in [-0.05, 0) is 55.0 Å². The van der Waals surface area contributed by atoms with E-state index in [4.69, 9.17) is 33.3 Å². The monoisotopic (exact) mass is 392 g/mol. The van der Waals surface area contributed by atoms with E-state index in [9.17, 15) is 9.59 Å². The van der Waals surface area contributed by atoms with Gasteiger partial charge in [-0.15, -0.1) is 0 Å². The van der Waals surface area contributed by atoms with Gasteiger partial charge < -0.3 is 20.1 Å². The van der Waals surface area contributed by atoms with Crippen LogP contribution in [0.5, 0.6) is 0 Å². The number of thiocarbonyl (C=S) groups is 1. The standard InChI is InChI=1S/C18H17ClN2O4S/c1-10-14(19)5-4-6-15(10)21-18(26)20-13-8-11(16(22)24-2)7-12(9-13)17(23)25-3/h4-9H,1-3H3,(H2,20,21,26). The van der Waals surface area contributed by atoms with Crippen LogP contribution in [0.1, 0.15) is 26.3 Å². The number of esters is 2. The van der Waals surface area contributed by atoms with Crippen molar-refractivity contribution in [3.8, 4) is 0 Å². The summed E-state index contributed by atoms with van der Waals surface area (Å²) in [7, 11) is 2.52. The molecule has 0 aromatic heterocycles. The highest BCUT2D eigenvalue weighted by atomic mass is 35.5. The number of nitrogens with one attached hydrogen (secondary N) is 2. The van der Waals surface area contributed by atoms with Gasteiger partial charge in [0.2, 0.25) is 0 Å². The minimum Gasteiger partial charge on any atom is -0.465 e. The molecule has 0 unspecified atom stereocenters. The molecule has 2 aromatic rings. The zero-order chi connectivity index (χ0) is 19.3. The van der Waals surface area contributed by atoms with Crippen LogP contribution in [-0.2, 0) is 9.47 Å². The number of benzene rings is 2. The largest absolute Gasteiger partial charge is 0.465 e. The quantitative estimate of drug-likeness (QED) is 0.600. The maximum Gasteiger partial charge on any atom is 0.337 e. The topological polar surface area (TPSA) is 76.7 Å². The molecule has 0 amide bonds. The Labute approximate surface area is 161 Å². The average Bonchev–Trinajstić information content (AvgIpc) is 2.63. The van der Waals surface area contributed by atoms with E-state index < -0.39 is 11.9 Å². The average molecular weight is 393 g/mol. The van der Waals surface area contributed by atoms with Crippen LogP contribution in [0.25, 0.3) is 0 Å². The van der Waals surface area contributed by atoms with Crippen LogP contribution in [0, 0.1) is 6.92 Å². The van der Waals surface area contributed by atoms with Gasteiger partial charge in [-0.25, -0.2) is 9.59 Å². The second-order valence-electron chi connectivity index (χ2n) is 5.27. The Hall–Kier alpha value is -2.64. The van der Waals surface area contributed by atoms with E-state index in [1.165, 1.54) is 32.4 Å². The minimum absolute atomic E-state index is 0.194. The van der Waals surface area contributed by atoms with Gasteiger partial charge in [0.1, 0.15) is 0 Å². The first kappa shape index (κ1) is 19.7. The van der Waals surface area contributed by atoms with Crippen molar-refractivity contribution in [2.24, 2.45) is 0 Å². The van der Waals surface area contributed by atoms with Gasteiger partial charge in [0.05, 0.1) is 25.3 Å². The lowest BCUT2D eigenvalue weighted by Crippen LogP contribution is -2.20. The summed E-state index contributed by atoms with van der Waals surface area (Å²) in [4.78, 5) is 23.6. The zero-order valence-electron chi connectivity index (χ0n) is 14.4. The number of ether oxygens (including phenoxy) is 2. The Morgan fingerprint density at radius 1 is 1.00 bits per heavy atom. The fourth-order valence-corrected chi connectivity index (χ4v) is 2.60. The highest BCUT2D eigenvalue weighted by Crippen LogP contribution is 2.23. The molecule has 0 aliphatic rings. The van der Waals surface area contributed by atoms with Crippen LogP contribution in [0.3, 0.4) is 0 Å². The number of halogens is 1. The second-order valence-corrected chi connectivity index (χ2v) is 6.09. The van der Waals surface area contributed by atoms with Crippen molar-refractivity contribution in [1.82, 2.24) is 0 Å². The lowest BCUT2D eigenvalue weighted by molar-refractivity contribution is 0.0599. The van der Waals surface area contributed by atoms with E-state index in [0.717, 1.165) is 11.3 Å². The third-order valence-electron chi connectivity index (χ3n) is 3.55. The fraction of sp³-hybridized carbons (Fsp3) is 0.167. The summed E-state index contributed by atoms with van der Waals surface area (Å²) in [6.45, 7) is 1.86. The Balaban J connectivity index is 2.26.